The number of aryl methyl sites for hydroxylation is 1. The van der Waals surface area contributed by atoms with Crippen LogP contribution in [-0.4, -0.2) is 4.57 Å². The molecule has 1 aromatic heterocycles. The van der Waals surface area contributed by atoms with Gasteiger partial charge < -0.3 is 10.3 Å². The minimum atomic E-state index is -4.65. The van der Waals surface area contributed by atoms with Crippen molar-refractivity contribution >= 4 is 5.69 Å². The maximum atomic E-state index is 12.3. The summed E-state index contributed by atoms with van der Waals surface area (Å²) in [4.78, 5) is 11.2. The molecular weight excluding hydrogens is 197 g/mol. The van der Waals surface area contributed by atoms with Gasteiger partial charge in [0.1, 0.15) is 5.56 Å². The Morgan fingerprint density at radius 2 is 2.07 bits per heavy atom. The molecule has 0 aliphatic rings. The summed E-state index contributed by atoms with van der Waals surface area (Å²) in [7, 11) is 0. The van der Waals surface area contributed by atoms with E-state index in [9.17, 15) is 18.0 Å². The number of nitrogens with zero attached hydrogens (tertiary/aromatic N) is 1. The van der Waals surface area contributed by atoms with E-state index in [1.54, 1.807) is 6.92 Å². The summed E-state index contributed by atoms with van der Waals surface area (Å²) in [5.74, 6) is 0. The van der Waals surface area contributed by atoms with Crippen molar-refractivity contribution in [2.45, 2.75) is 19.6 Å². The summed E-state index contributed by atoms with van der Waals surface area (Å²) in [6, 6.07) is 0.647. The monoisotopic (exact) mass is 206 g/mol. The summed E-state index contributed by atoms with van der Waals surface area (Å²) >= 11 is 0. The molecular formula is C8H9F3N2O. The first kappa shape index (κ1) is 10.6. The Morgan fingerprint density at radius 3 is 2.50 bits per heavy atom. The zero-order chi connectivity index (χ0) is 10.9. The van der Waals surface area contributed by atoms with Crippen LogP contribution in [0, 0.1) is 0 Å². The normalized spacial score (nSPS) is 11.7. The van der Waals surface area contributed by atoms with Gasteiger partial charge in [-0.2, -0.15) is 13.2 Å². The van der Waals surface area contributed by atoms with Crippen molar-refractivity contribution < 1.29 is 13.2 Å². The minimum Gasteiger partial charge on any atom is -0.398 e. The number of halogens is 3. The molecule has 1 aromatic rings. The SMILES string of the molecule is CCn1cc(N)cc(C(F)(F)F)c1=O. The first-order valence-electron chi connectivity index (χ1n) is 3.93. The molecule has 2 N–H and O–H groups in total. The topological polar surface area (TPSA) is 48.0 Å². The Labute approximate surface area is 78.0 Å². The largest absolute Gasteiger partial charge is 0.421 e. The van der Waals surface area contributed by atoms with Crippen molar-refractivity contribution in [1.29, 1.82) is 0 Å². The number of aromatic nitrogens is 1. The highest BCUT2D eigenvalue weighted by atomic mass is 19.4. The molecule has 78 valence electrons. The lowest BCUT2D eigenvalue weighted by molar-refractivity contribution is -0.138. The van der Waals surface area contributed by atoms with Crippen LogP contribution in [0.2, 0.25) is 0 Å². The molecule has 0 bridgehead atoms. The van der Waals surface area contributed by atoms with Crippen LogP contribution in [0.25, 0.3) is 0 Å². The van der Waals surface area contributed by atoms with Gasteiger partial charge in [0.25, 0.3) is 5.56 Å². The third-order valence-corrected chi connectivity index (χ3v) is 1.75. The number of hydrogen-bond acceptors (Lipinski definition) is 2. The predicted octanol–water partition coefficient (Wildman–Crippen LogP) is 1.47. The highest BCUT2D eigenvalue weighted by molar-refractivity contribution is 5.38. The molecule has 14 heavy (non-hydrogen) atoms. The van der Waals surface area contributed by atoms with Crippen LogP contribution in [0.15, 0.2) is 17.1 Å². The van der Waals surface area contributed by atoms with Gasteiger partial charge in [-0.1, -0.05) is 0 Å². The van der Waals surface area contributed by atoms with Crippen molar-refractivity contribution in [3.63, 3.8) is 0 Å². The fraction of sp³-hybridized carbons (Fsp3) is 0.375. The zero-order valence-corrected chi connectivity index (χ0v) is 7.43. The van der Waals surface area contributed by atoms with E-state index in [1.165, 1.54) is 6.20 Å². The van der Waals surface area contributed by atoms with Crippen LogP contribution < -0.4 is 11.3 Å². The first-order valence-corrected chi connectivity index (χ1v) is 3.93. The van der Waals surface area contributed by atoms with Gasteiger partial charge in [0, 0.05) is 18.4 Å². The summed E-state index contributed by atoms with van der Waals surface area (Å²) in [5.41, 5.74) is 2.89. The molecule has 0 aliphatic carbocycles. The van der Waals surface area contributed by atoms with Crippen LogP contribution in [-0.2, 0) is 12.7 Å². The van der Waals surface area contributed by atoms with Crippen molar-refractivity contribution in [2.24, 2.45) is 0 Å². The van der Waals surface area contributed by atoms with E-state index in [2.05, 4.69) is 0 Å². The van der Waals surface area contributed by atoms with E-state index in [1.807, 2.05) is 0 Å². The van der Waals surface area contributed by atoms with Crippen LogP contribution in [0.4, 0.5) is 18.9 Å². The predicted molar refractivity (Wildman–Crippen MR) is 45.8 cm³/mol. The molecule has 1 rings (SSSR count). The summed E-state index contributed by atoms with van der Waals surface area (Å²) in [6.07, 6.45) is -3.46. The smallest absolute Gasteiger partial charge is 0.398 e. The molecule has 0 unspecified atom stereocenters. The van der Waals surface area contributed by atoms with Crippen LogP contribution in [0.5, 0.6) is 0 Å². The number of pyridine rings is 1. The molecule has 0 amide bonds. The maximum absolute atomic E-state index is 12.3. The van der Waals surface area contributed by atoms with Crippen LogP contribution >= 0.6 is 0 Å². The maximum Gasteiger partial charge on any atom is 0.421 e. The van der Waals surface area contributed by atoms with Crippen molar-refractivity contribution in [3.8, 4) is 0 Å². The first-order chi connectivity index (χ1) is 6.36. The lowest BCUT2D eigenvalue weighted by Gasteiger charge is -2.09. The number of rotatable bonds is 1. The van der Waals surface area contributed by atoms with Gasteiger partial charge in [0.2, 0.25) is 0 Å². The van der Waals surface area contributed by atoms with Crippen molar-refractivity contribution in [2.75, 3.05) is 5.73 Å². The lowest BCUT2D eigenvalue weighted by atomic mass is 10.2. The van der Waals surface area contributed by atoms with Gasteiger partial charge >= 0.3 is 6.18 Å². The van der Waals surface area contributed by atoms with Crippen LogP contribution in [0.1, 0.15) is 12.5 Å². The van der Waals surface area contributed by atoms with E-state index in [-0.39, 0.29) is 12.2 Å². The highest BCUT2D eigenvalue weighted by Crippen LogP contribution is 2.27. The Bertz CT molecular complexity index is 395. The summed E-state index contributed by atoms with van der Waals surface area (Å²) in [6.45, 7) is 1.73. The fourth-order valence-corrected chi connectivity index (χ4v) is 1.10. The number of nitrogen functional groups attached to an aromatic ring is 1. The van der Waals surface area contributed by atoms with E-state index in [0.717, 1.165) is 4.57 Å². The van der Waals surface area contributed by atoms with Gasteiger partial charge in [-0.3, -0.25) is 4.79 Å². The third kappa shape index (κ3) is 1.89. The Kier molecular flexibility index (Phi) is 2.55. The molecule has 0 saturated carbocycles. The second kappa shape index (κ2) is 3.36. The average molecular weight is 206 g/mol. The third-order valence-electron chi connectivity index (χ3n) is 1.75. The molecule has 0 fully saturated rings. The molecule has 0 radical (unpaired) electrons. The Balaban J connectivity index is 3.45. The second-order valence-electron chi connectivity index (χ2n) is 2.78. The molecule has 0 aliphatic heterocycles. The molecule has 0 saturated heterocycles. The van der Waals surface area contributed by atoms with Gasteiger partial charge in [0.15, 0.2) is 0 Å². The Morgan fingerprint density at radius 1 is 1.50 bits per heavy atom. The Hall–Kier alpha value is -1.46. The number of nitrogens with two attached hydrogens (primary N) is 1. The van der Waals surface area contributed by atoms with Crippen LogP contribution in [0.3, 0.4) is 0 Å². The summed E-state index contributed by atoms with van der Waals surface area (Å²) in [5, 5.41) is 0. The minimum absolute atomic E-state index is 0.0706. The van der Waals surface area contributed by atoms with E-state index < -0.39 is 17.3 Å². The lowest BCUT2D eigenvalue weighted by Crippen LogP contribution is -2.28. The molecule has 6 heteroatoms. The quantitative estimate of drug-likeness (QED) is 0.756. The standard InChI is InChI=1S/C8H9F3N2O/c1-2-13-4-5(12)3-6(7(13)14)8(9,10)11/h3-4H,2,12H2,1H3. The zero-order valence-electron chi connectivity index (χ0n) is 7.43. The molecule has 1 heterocycles. The molecule has 0 atom stereocenters. The van der Waals surface area contributed by atoms with Gasteiger partial charge in [-0.15, -0.1) is 0 Å². The highest BCUT2D eigenvalue weighted by Gasteiger charge is 2.34. The van der Waals surface area contributed by atoms with E-state index in [0.29, 0.717) is 6.07 Å². The number of alkyl halides is 3. The summed E-state index contributed by atoms with van der Waals surface area (Å²) < 4.78 is 37.8. The fourth-order valence-electron chi connectivity index (χ4n) is 1.10. The molecule has 3 nitrogen and oxygen atoms in total. The molecule has 0 aromatic carbocycles. The van der Waals surface area contributed by atoms with Gasteiger partial charge in [-0.25, -0.2) is 0 Å². The van der Waals surface area contributed by atoms with Crippen molar-refractivity contribution in [3.05, 3.63) is 28.2 Å². The van der Waals surface area contributed by atoms with E-state index >= 15 is 0 Å². The average Bonchev–Trinajstić information content (AvgIpc) is 2.06. The second-order valence-corrected chi connectivity index (χ2v) is 2.78. The molecule has 0 spiro atoms. The van der Waals surface area contributed by atoms with Gasteiger partial charge in [0.05, 0.1) is 0 Å². The number of anilines is 1. The van der Waals surface area contributed by atoms with Crippen molar-refractivity contribution in [1.82, 2.24) is 4.57 Å². The van der Waals surface area contributed by atoms with E-state index in [4.69, 9.17) is 5.73 Å². The number of hydrogen-bond donors (Lipinski definition) is 1. The van der Waals surface area contributed by atoms with Gasteiger partial charge in [-0.05, 0) is 13.0 Å².